The highest BCUT2D eigenvalue weighted by Gasteiger charge is 2.46. The van der Waals surface area contributed by atoms with Crippen LogP contribution in [0.4, 0.5) is 0 Å². The van der Waals surface area contributed by atoms with Gasteiger partial charge in [0, 0.05) is 36.9 Å². The summed E-state index contributed by atoms with van der Waals surface area (Å²) in [6.45, 7) is 2.36. The third kappa shape index (κ3) is 4.56. The number of amides is 1. The van der Waals surface area contributed by atoms with Crippen LogP contribution in [-0.4, -0.2) is 44.2 Å². The van der Waals surface area contributed by atoms with E-state index >= 15 is 0 Å². The molecule has 1 aliphatic heterocycles. The molecule has 1 N–H and O–H groups in total. The van der Waals surface area contributed by atoms with Crippen LogP contribution in [0.3, 0.4) is 0 Å². The molecular formula is C26H23N3O5. The number of Topliss-reactive ketones (excluding diaryl/α,β-unsaturated/α-hetero) is 1. The van der Waals surface area contributed by atoms with E-state index in [1.807, 2.05) is 6.92 Å². The van der Waals surface area contributed by atoms with Crippen molar-refractivity contribution in [3.63, 3.8) is 0 Å². The number of ether oxygens (including phenoxy) is 1. The van der Waals surface area contributed by atoms with Gasteiger partial charge in [0.1, 0.15) is 5.76 Å². The van der Waals surface area contributed by atoms with Crippen molar-refractivity contribution < 1.29 is 24.2 Å². The number of pyridine rings is 2. The lowest BCUT2D eigenvalue weighted by Gasteiger charge is -2.25. The van der Waals surface area contributed by atoms with E-state index in [2.05, 4.69) is 9.97 Å². The first-order valence-electron chi connectivity index (χ1n) is 10.9. The number of aromatic nitrogens is 2. The summed E-state index contributed by atoms with van der Waals surface area (Å²) in [6.07, 6.45) is 6.88. The Kier molecular flexibility index (Phi) is 6.77. The number of carbonyl (C=O) groups is 3. The topological polar surface area (TPSA) is 110 Å². The maximum atomic E-state index is 13.1. The highest BCUT2D eigenvalue weighted by molar-refractivity contribution is 6.46. The number of rotatable bonds is 7. The summed E-state index contributed by atoms with van der Waals surface area (Å²) in [5, 5.41) is 11.0. The highest BCUT2D eigenvalue weighted by atomic mass is 16.5. The van der Waals surface area contributed by atoms with Crippen molar-refractivity contribution in [1.29, 1.82) is 0 Å². The quantitative estimate of drug-likeness (QED) is 0.249. The van der Waals surface area contributed by atoms with E-state index in [0.29, 0.717) is 28.9 Å². The zero-order chi connectivity index (χ0) is 24.1. The Labute approximate surface area is 196 Å². The van der Waals surface area contributed by atoms with Gasteiger partial charge in [0.25, 0.3) is 11.7 Å². The fraction of sp³-hybridized carbons (Fsp3) is 0.192. The second-order valence-corrected chi connectivity index (χ2v) is 7.78. The van der Waals surface area contributed by atoms with Crippen LogP contribution in [0.25, 0.3) is 5.76 Å². The molecule has 3 aromatic rings. The molecule has 0 radical (unpaired) electrons. The highest BCUT2D eigenvalue weighted by Crippen LogP contribution is 2.39. The SMILES string of the molecule is CCCOC(=O)c1ccc(CN2C(=O)C(=O)/C(=C(/O)c3ccncc3)C2c2cccnc2)cc1. The average Bonchev–Trinajstić information content (AvgIpc) is 3.13. The van der Waals surface area contributed by atoms with Crippen molar-refractivity contribution >= 4 is 23.4 Å². The lowest BCUT2D eigenvalue weighted by atomic mass is 9.96. The van der Waals surface area contributed by atoms with E-state index in [9.17, 15) is 19.5 Å². The Balaban J connectivity index is 1.70. The molecule has 1 unspecified atom stereocenters. The molecule has 172 valence electrons. The number of hydrogen-bond acceptors (Lipinski definition) is 7. The van der Waals surface area contributed by atoms with Crippen molar-refractivity contribution in [1.82, 2.24) is 14.9 Å². The second kappa shape index (κ2) is 10.1. The first-order chi connectivity index (χ1) is 16.5. The number of nitrogens with zero attached hydrogens (tertiary/aromatic N) is 3. The third-order valence-corrected chi connectivity index (χ3v) is 5.47. The molecule has 1 amide bonds. The maximum Gasteiger partial charge on any atom is 0.338 e. The molecule has 2 aromatic heterocycles. The van der Waals surface area contributed by atoms with E-state index < -0.39 is 23.7 Å². The molecule has 1 aromatic carbocycles. The van der Waals surface area contributed by atoms with E-state index in [4.69, 9.17) is 4.74 Å². The lowest BCUT2D eigenvalue weighted by Crippen LogP contribution is -2.29. The van der Waals surface area contributed by atoms with Gasteiger partial charge >= 0.3 is 5.97 Å². The van der Waals surface area contributed by atoms with Crippen LogP contribution in [0, 0.1) is 0 Å². The minimum absolute atomic E-state index is 0.0102. The molecule has 0 bridgehead atoms. The first kappa shape index (κ1) is 22.8. The minimum atomic E-state index is -0.823. The fourth-order valence-electron chi connectivity index (χ4n) is 3.81. The number of aliphatic hydroxyl groups is 1. The number of benzene rings is 1. The minimum Gasteiger partial charge on any atom is -0.507 e. The Hall–Kier alpha value is -4.33. The van der Waals surface area contributed by atoms with Crippen LogP contribution in [0.1, 0.15) is 46.4 Å². The number of likely N-dealkylation sites (tertiary alicyclic amines) is 1. The molecular weight excluding hydrogens is 434 g/mol. The van der Waals surface area contributed by atoms with Gasteiger partial charge in [-0.05, 0) is 47.9 Å². The van der Waals surface area contributed by atoms with Gasteiger partial charge in [0.2, 0.25) is 0 Å². The maximum absolute atomic E-state index is 13.1. The molecule has 0 spiro atoms. The van der Waals surface area contributed by atoms with Gasteiger partial charge < -0.3 is 14.7 Å². The summed E-state index contributed by atoms with van der Waals surface area (Å²) >= 11 is 0. The van der Waals surface area contributed by atoms with Crippen molar-refractivity contribution in [2.75, 3.05) is 6.61 Å². The van der Waals surface area contributed by atoms with Gasteiger partial charge in [0.05, 0.1) is 23.8 Å². The molecule has 0 aliphatic carbocycles. The zero-order valence-corrected chi connectivity index (χ0v) is 18.5. The fourth-order valence-corrected chi connectivity index (χ4v) is 3.81. The van der Waals surface area contributed by atoms with Crippen LogP contribution < -0.4 is 0 Å². The summed E-state index contributed by atoms with van der Waals surface area (Å²) in [5.41, 5.74) is 2.09. The third-order valence-electron chi connectivity index (χ3n) is 5.47. The summed E-state index contributed by atoms with van der Waals surface area (Å²) < 4.78 is 5.15. The van der Waals surface area contributed by atoms with Crippen LogP contribution in [0.2, 0.25) is 0 Å². The monoisotopic (exact) mass is 457 g/mol. The van der Waals surface area contributed by atoms with Crippen molar-refractivity contribution in [2.45, 2.75) is 25.9 Å². The number of ketones is 1. The summed E-state index contributed by atoms with van der Waals surface area (Å²) in [6, 6.07) is 12.5. The smallest absolute Gasteiger partial charge is 0.338 e. The molecule has 3 heterocycles. The summed E-state index contributed by atoms with van der Waals surface area (Å²) in [5.74, 6) is -2.19. The van der Waals surface area contributed by atoms with E-state index in [0.717, 1.165) is 6.42 Å². The first-order valence-corrected chi connectivity index (χ1v) is 10.9. The largest absolute Gasteiger partial charge is 0.507 e. The lowest BCUT2D eigenvalue weighted by molar-refractivity contribution is -0.140. The van der Waals surface area contributed by atoms with Gasteiger partial charge in [-0.1, -0.05) is 25.1 Å². The van der Waals surface area contributed by atoms with Crippen molar-refractivity contribution in [3.8, 4) is 0 Å². The molecule has 0 saturated carbocycles. The molecule has 1 fully saturated rings. The molecule has 34 heavy (non-hydrogen) atoms. The Bertz CT molecular complexity index is 1220. The number of carbonyl (C=O) groups excluding carboxylic acids is 3. The van der Waals surface area contributed by atoms with Crippen LogP contribution in [0.5, 0.6) is 0 Å². The second-order valence-electron chi connectivity index (χ2n) is 7.78. The van der Waals surface area contributed by atoms with Gasteiger partial charge in [-0.15, -0.1) is 0 Å². The van der Waals surface area contributed by atoms with Gasteiger partial charge in [-0.2, -0.15) is 0 Å². The number of hydrogen-bond donors (Lipinski definition) is 1. The van der Waals surface area contributed by atoms with E-state index in [1.165, 1.54) is 17.3 Å². The van der Waals surface area contributed by atoms with Crippen molar-refractivity contribution in [3.05, 3.63) is 101 Å². The van der Waals surface area contributed by atoms with Crippen LogP contribution >= 0.6 is 0 Å². The van der Waals surface area contributed by atoms with Crippen molar-refractivity contribution in [2.24, 2.45) is 0 Å². The van der Waals surface area contributed by atoms with E-state index in [-0.39, 0.29) is 17.9 Å². The number of esters is 1. The molecule has 1 atom stereocenters. The van der Waals surface area contributed by atoms with Crippen LogP contribution in [-0.2, 0) is 20.9 Å². The normalized spacial score (nSPS) is 17.1. The standard InChI is InChI=1S/C26H23N3O5/c1-2-14-34-26(33)19-7-5-17(6-8-19)16-29-22(20-4-3-11-28-15-20)21(24(31)25(29)32)23(30)18-9-12-27-13-10-18/h3-13,15,22,30H,2,14,16H2,1H3/b23-21+. The van der Waals surface area contributed by atoms with Crippen LogP contribution in [0.15, 0.2) is 78.9 Å². The molecule has 8 nitrogen and oxygen atoms in total. The Morgan fingerprint density at radius 1 is 1.00 bits per heavy atom. The van der Waals surface area contributed by atoms with Gasteiger partial charge in [0.15, 0.2) is 0 Å². The Morgan fingerprint density at radius 3 is 2.38 bits per heavy atom. The number of aliphatic hydroxyl groups excluding tert-OH is 1. The predicted molar refractivity (Wildman–Crippen MR) is 123 cm³/mol. The Morgan fingerprint density at radius 2 is 1.74 bits per heavy atom. The zero-order valence-electron chi connectivity index (χ0n) is 18.5. The summed E-state index contributed by atoms with van der Waals surface area (Å²) in [4.78, 5) is 47.6. The molecule has 8 heteroatoms. The van der Waals surface area contributed by atoms with Gasteiger partial charge in [-0.25, -0.2) is 4.79 Å². The molecule has 1 saturated heterocycles. The molecule has 4 rings (SSSR count). The average molecular weight is 457 g/mol. The van der Waals surface area contributed by atoms with Gasteiger partial charge in [-0.3, -0.25) is 19.6 Å². The predicted octanol–water partition coefficient (Wildman–Crippen LogP) is 3.67. The van der Waals surface area contributed by atoms with E-state index in [1.54, 1.807) is 60.9 Å². The molecule has 1 aliphatic rings. The summed E-state index contributed by atoms with van der Waals surface area (Å²) in [7, 11) is 0.